The minimum atomic E-state index is -6.37. The molecule has 4 nitrogen and oxygen atoms in total. The van der Waals surface area contributed by atoms with E-state index in [1.54, 1.807) is 0 Å². The highest BCUT2D eigenvalue weighted by Gasteiger charge is 2.74. The topological polar surface area (TPSA) is 46.6 Å². The number of nitrogens with zero attached hydrogens (tertiary/aromatic N) is 1. The summed E-state index contributed by atoms with van der Waals surface area (Å²) >= 11 is 0. The molecular weight excluding hydrogens is 366 g/mol. The first-order valence-electron chi connectivity index (χ1n) is 6.27. The van der Waals surface area contributed by atoms with Crippen LogP contribution in [0.15, 0.2) is 0 Å². The van der Waals surface area contributed by atoms with Gasteiger partial charge in [-0.2, -0.15) is 39.4 Å². The number of sulfonamides is 1. The van der Waals surface area contributed by atoms with Crippen LogP contribution in [0.1, 0.15) is 26.2 Å². The Labute approximate surface area is 126 Å². The molecule has 1 fully saturated rings. The van der Waals surface area contributed by atoms with Crippen molar-refractivity contribution in [1.82, 2.24) is 4.31 Å². The largest absolute Gasteiger partial charge is 0.448 e. The van der Waals surface area contributed by atoms with Gasteiger partial charge in [0.15, 0.2) is 0 Å². The van der Waals surface area contributed by atoms with E-state index < -0.39 is 53.4 Å². The zero-order valence-corrected chi connectivity index (χ0v) is 12.5. The molecule has 1 aliphatic heterocycles. The number of ether oxygens (including phenoxy) is 1. The maximum atomic E-state index is 13.6. The summed E-state index contributed by atoms with van der Waals surface area (Å²) in [5.41, 5.74) is 0. The predicted octanol–water partition coefficient (Wildman–Crippen LogP) is 3.25. The van der Waals surface area contributed by atoms with Gasteiger partial charge >= 0.3 is 23.4 Å². The molecule has 1 rings (SSSR count). The van der Waals surface area contributed by atoms with Gasteiger partial charge in [0.05, 0.1) is 0 Å². The van der Waals surface area contributed by atoms with Crippen molar-refractivity contribution in [3.05, 3.63) is 0 Å². The lowest BCUT2D eigenvalue weighted by molar-refractivity contribution is -0.453. The van der Waals surface area contributed by atoms with Gasteiger partial charge in [-0.25, -0.2) is 13.2 Å². The van der Waals surface area contributed by atoms with Crippen molar-refractivity contribution in [2.45, 2.75) is 49.6 Å². The van der Waals surface area contributed by atoms with E-state index in [1.807, 2.05) is 0 Å². The van der Waals surface area contributed by atoms with Crippen LogP contribution >= 0.6 is 0 Å². The molecule has 138 valence electrons. The van der Waals surface area contributed by atoms with Crippen LogP contribution in [-0.2, 0) is 14.8 Å². The van der Waals surface area contributed by atoms with E-state index >= 15 is 0 Å². The van der Waals surface area contributed by atoms with Crippen LogP contribution in [0.5, 0.6) is 0 Å². The maximum absolute atomic E-state index is 13.6. The number of piperidine rings is 1. The zero-order chi connectivity index (χ0) is 18.3. The molecule has 0 bridgehead atoms. The van der Waals surface area contributed by atoms with Crippen LogP contribution in [0, 0.1) is 0 Å². The van der Waals surface area contributed by atoms with Crippen molar-refractivity contribution in [1.29, 1.82) is 0 Å². The lowest BCUT2D eigenvalue weighted by Crippen LogP contribution is -2.59. The summed E-state index contributed by atoms with van der Waals surface area (Å²) in [4.78, 5) is 0. The molecule has 0 spiro atoms. The van der Waals surface area contributed by atoms with E-state index in [1.165, 1.54) is 0 Å². The molecule has 0 aliphatic carbocycles. The normalized spacial score (nSPS) is 19.9. The molecule has 13 heteroatoms. The molecule has 23 heavy (non-hydrogen) atoms. The van der Waals surface area contributed by atoms with Gasteiger partial charge in [0.1, 0.15) is 0 Å². The molecule has 0 aromatic carbocycles. The second kappa shape index (κ2) is 5.99. The monoisotopic (exact) mass is 379 g/mol. The number of hydrogen-bond acceptors (Lipinski definition) is 3. The SMILES string of the molecule is CC(F)(F)C(F)(F)OC(F)(F)C(F)(F)S(=O)(=O)N1CCCCC1. The van der Waals surface area contributed by atoms with Crippen molar-refractivity contribution >= 4 is 10.0 Å². The summed E-state index contributed by atoms with van der Waals surface area (Å²) in [6, 6.07) is 0. The molecule has 0 atom stereocenters. The van der Waals surface area contributed by atoms with Gasteiger partial charge in [-0.05, 0) is 12.8 Å². The lowest BCUT2D eigenvalue weighted by Gasteiger charge is -2.34. The third kappa shape index (κ3) is 3.71. The summed E-state index contributed by atoms with van der Waals surface area (Å²) < 4.78 is 130. The quantitative estimate of drug-likeness (QED) is 0.666. The average molecular weight is 379 g/mol. The molecule has 0 aromatic rings. The van der Waals surface area contributed by atoms with Crippen LogP contribution in [0.25, 0.3) is 0 Å². The third-order valence-corrected chi connectivity index (χ3v) is 5.02. The van der Waals surface area contributed by atoms with Crippen LogP contribution in [0.3, 0.4) is 0 Å². The van der Waals surface area contributed by atoms with Gasteiger partial charge in [0.25, 0.3) is 10.0 Å². The molecule has 0 saturated carbocycles. The van der Waals surface area contributed by atoms with E-state index in [0.29, 0.717) is 6.42 Å². The number of alkyl halides is 8. The Bertz CT molecular complexity index is 525. The van der Waals surface area contributed by atoms with E-state index in [2.05, 4.69) is 4.74 Å². The molecular formula is C10H13F8NO3S. The molecule has 0 amide bonds. The molecule has 1 saturated heterocycles. The second-order valence-corrected chi connectivity index (χ2v) is 6.98. The van der Waals surface area contributed by atoms with Crippen molar-refractivity contribution in [3.8, 4) is 0 Å². The smallest absolute Gasteiger partial charge is 0.245 e. The van der Waals surface area contributed by atoms with Crippen molar-refractivity contribution in [2.24, 2.45) is 0 Å². The lowest BCUT2D eigenvalue weighted by atomic mass is 10.2. The van der Waals surface area contributed by atoms with Gasteiger partial charge in [-0.1, -0.05) is 6.42 Å². The average Bonchev–Trinajstić information content (AvgIpc) is 2.36. The second-order valence-electron chi connectivity index (χ2n) is 5.01. The number of rotatable bonds is 6. The van der Waals surface area contributed by atoms with E-state index in [-0.39, 0.29) is 17.1 Å². The summed E-state index contributed by atoms with van der Waals surface area (Å²) in [5.74, 6) is -5.23. The summed E-state index contributed by atoms with van der Waals surface area (Å²) in [6.45, 7) is -1.58. The van der Waals surface area contributed by atoms with E-state index in [4.69, 9.17) is 0 Å². The van der Waals surface area contributed by atoms with Gasteiger partial charge in [0, 0.05) is 20.0 Å². The standard InChI is InChI=1S/C10H13F8NO3S/c1-7(11,12)8(13,14)22-9(15,16)10(17,18)23(20,21)19-5-3-2-4-6-19/h2-6H2,1H3. The highest BCUT2D eigenvalue weighted by Crippen LogP contribution is 2.47. The predicted molar refractivity (Wildman–Crippen MR) is 60.9 cm³/mol. The van der Waals surface area contributed by atoms with Crippen LogP contribution in [-0.4, -0.2) is 49.2 Å². The van der Waals surface area contributed by atoms with Crippen molar-refractivity contribution in [3.63, 3.8) is 0 Å². The summed E-state index contributed by atoms with van der Waals surface area (Å²) in [5, 5.41) is -6.15. The van der Waals surface area contributed by atoms with Crippen LogP contribution in [0.4, 0.5) is 35.1 Å². The summed E-state index contributed by atoms with van der Waals surface area (Å²) in [7, 11) is -6.09. The van der Waals surface area contributed by atoms with Crippen molar-refractivity contribution < 1.29 is 48.3 Å². The fraction of sp³-hybridized carbons (Fsp3) is 1.00. The molecule has 1 heterocycles. The molecule has 1 aliphatic rings. The molecule has 0 N–H and O–H groups in total. The molecule has 0 radical (unpaired) electrons. The maximum Gasteiger partial charge on any atom is 0.448 e. The Morgan fingerprint density at radius 3 is 1.65 bits per heavy atom. The Hall–Kier alpha value is -0.690. The van der Waals surface area contributed by atoms with Gasteiger partial charge in [-0.15, -0.1) is 0 Å². The van der Waals surface area contributed by atoms with E-state index in [0.717, 1.165) is 0 Å². The minimum absolute atomic E-state index is 0.00397. The first-order valence-corrected chi connectivity index (χ1v) is 7.71. The number of halogens is 8. The fourth-order valence-electron chi connectivity index (χ4n) is 1.73. The van der Waals surface area contributed by atoms with E-state index in [9.17, 15) is 43.5 Å². The van der Waals surface area contributed by atoms with Gasteiger partial charge < -0.3 is 0 Å². The third-order valence-electron chi connectivity index (χ3n) is 3.09. The summed E-state index contributed by atoms with van der Waals surface area (Å²) in [6.07, 6.45) is -11.7. The van der Waals surface area contributed by atoms with Crippen molar-refractivity contribution in [2.75, 3.05) is 13.1 Å². The van der Waals surface area contributed by atoms with Crippen LogP contribution in [0.2, 0.25) is 0 Å². The Balaban J connectivity index is 3.13. The Morgan fingerprint density at radius 2 is 1.26 bits per heavy atom. The Kier molecular flexibility index (Phi) is 5.30. The minimum Gasteiger partial charge on any atom is -0.245 e. The number of hydrogen-bond donors (Lipinski definition) is 0. The fourth-order valence-corrected chi connectivity index (χ4v) is 3.13. The molecule has 0 aromatic heterocycles. The highest BCUT2D eigenvalue weighted by molar-refractivity contribution is 7.90. The van der Waals surface area contributed by atoms with Crippen LogP contribution < -0.4 is 0 Å². The highest BCUT2D eigenvalue weighted by atomic mass is 32.2. The first kappa shape index (κ1) is 20.4. The van der Waals surface area contributed by atoms with Gasteiger partial charge in [-0.3, -0.25) is 0 Å². The zero-order valence-electron chi connectivity index (χ0n) is 11.6. The first-order chi connectivity index (χ1) is 10.1. The van der Waals surface area contributed by atoms with Gasteiger partial charge in [0.2, 0.25) is 0 Å². The Morgan fingerprint density at radius 1 is 0.826 bits per heavy atom. The molecule has 0 unspecified atom stereocenters.